The van der Waals surface area contributed by atoms with Gasteiger partial charge in [0.2, 0.25) is 0 Å². The number of ether oxygens (including phenoxy) is 1. The van der Waals surface area contributed by atoms with Crippen molar-refractivity contribution in [2.24, 2.45) is 0 Å². The molecule has 0 radical (unpaired) electrons. The second-order valence-electron chi connectivity index (χ2n) is 4.15. The number of nitrogens with zero attached hydrogens (tertiary/aromatic N) is 3. The quantitative estimate of drug-likeness (QED) is 0.820. The zero-order valence-corrected chi connectivity index (χ0v) is 10.9. The largest absolute Gasteiger partial charge is 0.494 e. The Morgan fingerprint density at radius 3 is 2.65 bits per heavy atom. The zero-order valence-electron chi connectivity index (χ0n) is 10.9. The summed E-state index contributed by atoms with van der Waals surface area (Å²) in [5, 5.41) is 25.9. The predicted molar refractivity (Wildman–Crippen MR) is 69.6 cm³/mol. The molecule has 0 aliphatic carbocycles. The van der Waals surface area contributed by atoms with E-state index in [0.29, 0.717) is 12.2 Å². The van der Waals surface area contributed by atoms with Gasteiger partial charge in [-0.2, -0.15) is 0 Å². The first-order valence-corrected chi connectivity index (χ1v) is 6.14. The van der Waals surface area contributed by atoms with Gasteiger partial charge >= 0.3 is 5.97 Å². The van der Waals surface area contributed by atoms with Crippen molar-refractivity contribution in [3.05, 3.63) is 41.7 Å². The van der Waals surface area contributed by atoms with Gasteiger partial charge in [0.15, 0.2) is 5.69 Å². The lowest BCUT2D eigenvalue weighted by Crippen LogP contribution is -2.09. The van der Waals surface area contributed by atoms with Gasteiger partial charge in [0.05, 0.1) is 25.5 Å². The van der Waals surface area contributed by atoms with Crippen LogP contribution in [0, 0.1) is 0 Å². The average Bonchev–Trinajstić information content (AvgIpc) is 2.88. The second kappa shape index (κ2) is 6.16. The van der Waals surface area contributed by atoms with Gasteiger partial charge in [-0.25, -0.2) is 9.48 Å². The van der Waals surface area contributed by atoms with Crippen molar-refractivity contribution < 1.29 is 19.7 Å². The number of aliphatic hydroxyl groups is 1. The molecule has 1 heterocycles. The third-order valence-corrected chi connectivity index (χ3v) is 2.69. The van der Waals surface area contributed by atoms with Crippen LogP contribution in [0.5, 0.6) is 5.75 Å². The van der Waals surface area contributed by atoms with Crippen molar-refractivity contribution in [1.82, 2.24) is 15.0 Å². The molecule has 0 aliphatic heterocycles. The van der Waals surface area contributed by atoms with Gasteiger partial charge in [-0.3, -0.25) is 0 Å². The number of benzene rings is 1. The number of hydrogen-bond donors (Lipinski definition) is 2. The Labute approximate surface area is 115 Å². The minimum absolute atomic E-state index is 0.133. The number of carboxylic acid groups (broad SMARTS) is 1. The smallest absolute Gasteiger partial charge is 0.358 e. The maximum Gasteiger partial charge on any atom is 0.358 e. The fraction of sp³-hybridized carbons (Fsp3) is 0.308. The van der Waals surface area contributed by atoms with Crippen molar-refractivity contribution >= 4 is 5.97 Å². The molecule has 7 nitrogen and oxygen atoms in total. The Morgan fingerprint density at radius 2 is 2.10 bits per heavy atom. The molecule has 1 aromatic heterocycles. The molecule has 106 valence electrons. The number of carbonyl (C=O) groups is 1. The van der Waals surface area contributed by atoms with Gasteiger partial charge in [0.25, 0.3) is 0 Å². The molecule has 0 spiro atoms. The molecule has 0 saturated carbocycles. The van der Waals surface area contributed by atoms with Crippen LogP contribution in [-0.2, 0) is 6.54 Å². The summed E-state index contributed by atoms with van der Waals surface area (Å²) in [6, 6.07) is 7.05. The SMILES string of the molecule is CCOc1ccc(C(O)Cn2cc(C(=O)O)nn2)cc1. The third-order valence-electron chi connectivity index (χ3n) is 2.69. The summed E-state index contributed by atoms with van der Waals surface area (Å²) >= 11 is 0. The second-order valence-corrected chi connectivity index (χ2v) is 4.15. The van der Waals surface area contributed by atoms with Crippen LogP contribution in [0.4, 0.5) is 0 Å². The van der Waals surface area contributed by atoms with E-state index in [1.165, 1.54) is 10.9 Å². The molecular weight excluding hydrogens is 262 g/mol. The summed E-state index contributed by atoms with van der Waals surface area (Å²) in [6.07, 6.45) is 0.481. The fourth-order valence-electron chi connectivity index (χ4n) is 1.72. The van der Waals surface area contributed by atoms with E-state index in [2.05, 4.69) is 10.3 Å². The van der Waals surface area contributed by atoms with E-state index in [4.69, 9.17) is 9.84 Å². The van der Waals surface area contributed by atoms with E-state index < -0.39 is 12.1 Å². The van der Waals surface area contributed by atoms with Gasteiger partial charge in [-0.15, -0.1) is 5.10 Å². The van der Waals surface area contributed by atoms with Gasteiger partial charge < -0.3 is 14.9 Å². The highest BCUT2D eigenvalue weighted by Gasteiger charge is 2.12. The summed E-state index contributed by atoms with van der Waals surface area (Å²) in [7, 11) is 0. The topological polar surface area (TPSA) is 97.5 Å². The summed E-state index contributed by atoms with van der Waals surface area (Å²) in [5.74, 6) is -0.413. The first-order chi connectivity index (χ1) is 9.60. The molecule has 0 fully saturated rings. The number of aromatic nitrogens is 3. The summed E-state index contributed by atoms with van der Waals surface area (Å²) < 4.78 is 6.61. The lowest BCUT2D eigenvalue weighted by molar-refractivity contribution is 0.0690. The van der Waals surface area contributed by atoms with Gasteiger partial charge in [-0.05, 0) is 24.6 Å². The van der Waals surface area contributed by atoms with Crippen LogP contribution in [0.3, 0.4) is 0 Å². The number of aromatic carboxylic acids is 1. The maximum atomic E-state index is 10.7. The Bertz CT molecular complexity index is 580. The molecule has 0 saturated heterocycles. The van der Waals surface area contributed by atoms with Gasteiger partial charge in [0, 0.05) is 0 Å². The first kappa shape index (κ1) is 14.0. The minimum atomic E-state index is -1.15. The van der Waals surface area contributed by atoms with E-state index >= 15 is 0 Å². The van der Waals surface area contributed by atoms with Crippen molar-refractivity contribution in [2.45, 2.75) is 19.6 Å². The van der Waals surface area contributed by atoms with E-state index in [0.717, 1.165) is 5.75 Å². The number of carboxylic acids is 1. The van der Waals surface area contributed by atoms with Crippen LogP contribution in [0.1, 0.15) is 29.1 Å². The van der Waals surface area contributed by atoms with Crippen LogP contribution in [0.25, 0.3) is 0 Å². The number of rotatable bonds is 6. The molecule has 1 aromatic carbocycles. The third kappa shape index (κ3) is 3.33. The molecule has 1 unspecified atom stereocenters. The van der Waals surface area contributed by atoms with Crippen LogP contribution in [0.2, 0.25) is 0 Å². The average molecular weight is 277 g/mol. The zero-order chi connectivity index (χ0) is 14.5. The highest BCUT2D eigenvalue weighted by molar-refractivity contribution is 5.84. The Kier molecular flexibility index (Phi) is 4.31. The molecule has 2 aromatic rings. The molecule has 0 amide bonds. The lowest BCUT2D eigenvalue weighted by atomic mass is 10.1. The van der Waals surface area contributed by atoms with E-state index in [9.17, 15) is 9.90 Å². The maximum absolute atomic E-state index is 10.7. The summed E-state index contributed by atoms with van der Waals surface area (Å²) in [6.45, 7) is 2.61. The van der Waals surface area contributed by atoms with Crippen LogP contribution in [0.15, 0.2) is 30.5 Å². The Hall–Kier alpha value is -2.41. The molecule has 0 aliphatic rings. The monoisotopic (exact) mass is 277 g/mol. The molecule has 0 bridgehead atoms. The summed E-state index contributed by atoms with van der Waals surface area (Å²) in [5.41, 5.74) is 0.546. The molecule has 2 rings (SSSR count). The predicted octanol–water partition coefficient (Wildman–Crippen LogP) is 1.11. The number of hydrogen-bond acceptors (Lipinski definition) is 5. The molecule has 1 atom stereocenters. The highest BCUT2D eigenvalue weighted by Crippen LogP contribution is 2.19. The van der Waals surface area contributed by atoms with Crippen molar-refractivity contribution in [3.8, 4) is 5.75 Å². The standard InChI is InChI=1S/C13H15N3O4/c1-2-20-10-5-3-9(4-6-10)12(17)8-16-7-11(13(18)19)14-15-16/h3-7,12,17H,2,8H2,1H3,(H,18,19). The van der Waals surface area contributed by atoms with Crippen molar-refractivity contribution in [1.29, 1.82) is 0 Å². The molecule has 7 heteroatoms. The van der Waals surface area contributed by atoms with Crippen LogP contribution >= 0.6 is 0 Å². The highest BCUT2D eigenvalue weighted by atomic mass is 16.5. The minimum Gasteiger partial charge on any atom is -0.494 e. The van der Waals surface area contributed by atoms with E-state index in [-0.39, 0.29) is 12.2 Å². The molecule has 20 heavy (non-hydrogen) atoms. The normalized spacial score (nSPS) is 12.1. The van der Waals surface area contributed by atoms with Crippen LogP contribution < -0.4 is 4.74 Å². The van der Waals surface area contributed by atoms with Crippen molar-refractivity contribution in [3.63, 3.8) is 0 Å². The van der Waals surface area contributed by atoms with Crippen molar-refractivity contribution in [2.75, 3.05) is 6.61 Å². The molecular formula is C13H15N3O4. The fourth-order valence-corrected chi connectivity index (χ4v) is 1.72. The lowest BCUT2D eigenvalue weighted by Gasteiger charge is -2.11. The Morgan fingerprint density at radius 1 is 1.40 bits per heavy atom. The summed E-state index contributed by atoms with van der Waals surface area (Å²) in [4.78, 5) is 10.7. The van der Waals surface area contributed by atoms with E-state index in [1.807, 2.05) is 6.92 Å². The Balaban J connectivity index is 2.03. The van der Waals surface area contributed by atoms with E-state index in [1.54, 1.807) is 24.3 Å². The first-order valence-electron chi connectivity index (χ1n) is 6.14. The number of aliphatic hydroxyl groups excluding tert-OH is 1. The van der Waals surface area contributed by atoms with Gasteiger partial charge in [-0.1, -0.05) is 17.3 Å². The molecule has 2 N–H and O–H groups in total. The van der Waals surface area contributed by atoms with Crippen LogP contribution in [-0.4, -0.2) is 37.8 Å². The van der Waals surface area contributed by atoms with Gasteiger partial charge in [0.1, 0.15) is 5.75 Å².